The van der Waals surface area contributed by atoms with Crippen molar-refractivity contribution in [2.75, 3.05) is 22.1 Å². The number of nitrogens with zero attached hydrogens (tertiary/aromatic N) is 5. The summed E-state index contributed by atoms with van der Waals surface area (Å²) in [5, 5.41) is 7.35. The second-order valence-corrected chi connectivity index (χ2v) is 17.9. The second-order valence-electron chi connectivity index (χ2n) is 15.5. The van der Waals surface area contributed by atoms with Crippen molar-refractivity contribution >= 4 is 95.8 Å². The van der Waals surface area contributed by atoms with Crippen LogP contribution in [0.2, 0.25) is 20.1 Å². The van der Waals surface area contributed by atoms with Gasteiger partial charge in [-0.15, -0.1) is 0 Å². The standard InChI is InChI=1S/C22H25Cl2N3.C18H17Cl2N3.C4H9Br.CH4/c1-5-16-11-26-12-18(17-7-6-15(23)9-19(17)24)21-22(26)20(8-14(4)25-21)27(16)10-13(2)3;1-3-12-8-23-9-14(13-5-4-11(19)7-15(13)20)17-18(23)16(22-12)6-10(2)21-17;1-4(2)3-5;/h6-9,12-13,16H,5,10-11H2,1-4H3;4-7,9,12,22H,3,8H2,1-2H3;4H,3H2,1-2H3;1H4. The number of anilines is 2. The summed E-state index contributed by atoms with van der Waals surface area (Å²) in [4.78, 5) is 12.3. The number of benzene rings is 2. The first-order chi connectivity index (χ1) is 26.2. The summed E-state index contributed by atoms with van der Waals surface area (Å²) >= 11 is 28.4. The van der Waals surface area contributed by atoms with Gasteiger partial charge in [0.15, 0.2) is 0 Å². The maximum absolute atomic E-state index is 6.53. The fraction of sp³-hybridized carbons (Fsp3) is 0.422. The smallest absolute Gasteiger partial charge is 0.0984 e. The summed E-state index contributed by atoms with van der Waals surface area (Å²) in [6.45, 7) is 20.5. The summed E-state index contributed by atoms with van der Waals surface area (Å²) in [5.41, 5.74) is 13.0. The van der Waals surface area contributed by atoms with E-state index in [9.17, 15) is 0 Å². The molecule has 8 rings (SSSR count). The van der Waals surface area contributed by atoms with Crippen molar-refractivity contribution in [3.8, 4) is 22.3 Å². The third kappa shape index (κ3) is 9.34. The van der Waals surface area contributed by atoms with Crippen LogP contribution in [0.3, 0.4) is 0 Å². The second kappa shape index (κ2) is 18.8. The molecule has 300 valence electrons. The van der Waals surface area contributed by atoms with E-state index >= 15 is 0 Å². The van der Waals surface area contributed by atoms with Crippen molar-refractivity contribution in [2.24, 2.45) is 11.8 Å². The largest absolute Gasteiger partial charge is 0.379 e. The van der Waals surface area contributed by atoms with Crippen LogP contribution >= 0.6 is 62.3 Å². The molecule has 6 nitrogen and oxygen atoms in total. The highest BCUT2D eigenvalue weighted by Gasteiger charge is 2.30. The molecule has 2 aliphatic rings. The molecular weight excluding hydrogens is 846 g/mol. The fourth-order valence-electron chi connectivity index (χ4n) is 7.50. The molecule has 0 radical (unpaired) electrons. The van der Waals surface area contributed by atoms with Crippen LogP contribution in [0.25, 0.3) is 44.3 Å². The summed E-state index contributed by atoms with van der Waals surface area (Å²) in [6, 6.07) is 16.6. The first-order valence-corrected chi connectivity index (χ1v) is 21.9. The van der Waals surface area contributed by atoms with Gasteiger partial charge in [-0.1, -0.05) is 123 Å². The Bertz CT molecular complexity index is 2310. The molecule has 0 saturated carbocycles. The van der Waals surface area contributed by atoms with Crippen molar-refractivity contribution < 1.29 is 0 Å². The molecule has 0 saturated heterocycles. The molecular formula is C45H55BrCl4N6. The van der Waals surface area contributed by atoms with Gasteiger partial charge in [0.2, 0.25) is 0 Å². The highest BCUT2D eigenvalue weighted by atomic mass is 79.9. The number of pyridine rings is 2. The van der Waals surface area contributed by atoms with Crippen LogP contribution in [0.4, 0.5) is 11.4 Å². The average Bonchev–Trinajstić information content (AvgIpc) is 3.68. The first-order valence-electron chi connectivity index (χ1n) is 19.2. The fourth-order valence-corrected chi connectivity index (χ4v) is 8.52. The molecule has 0 amide bonds. The van der Waals surface area contributed by atoms with E-state index in [1.165, 1.54) is 11.2 Å². The van der Waals surface area contributed by atoms with E-state index in [0.29, 0.717) is 38.1 Å². The van der Waals surface area contributed by atoms with E-state index in [1.807, 2.05) is 31.2 Å². The zero-order chi connectivity index (χ0) is 39.7. The number of alkyl halides is 1. The molecule has 6 heterocycles. The number of aryl methyl sites for hydroxylation is 2. The van der Waals surface area contributed by atoms with Crippen LogP contribution < -0.4 is 10.2 Å². The SMILES string of the molecule is C.CC(C)CBr.CCC1Cn2cc(-c3ccc(Cl)cc3Cl)c3nc(C)cc(c32)N1.CCC1Cn2cc(-c3ccc(Cl)cc3Cl)c3nc(C)cc(c32)N1CC(C)C. The van der Waals surface area contributed by atoms with Gasteiger partial charge in [-0.25, -0.2) is 0 Å². The number of nitrogens with one attached hydrogen (secondary N) is 1. The Hall–Kier alpha value is -2.94. The number of hydrogen-bond donors (Lipinski definition) is 1. The van der Waals surface area contributed by atoms with Gasteiger partial charge in [-0.05, 0) is 74.9 Å². The van der Waals surface area contributed by atoms with Crippen molar-refractivity contribution in [3.05, 3.63) is 92.4 Å². The van der Waals surface area contributed by atoms with E-state index in [1.54, 1.807) is 12.1 Å². The zero-order valence-corrected chi connectivity index (χ0v) is 37.6. The molecule has 2 aromatic carbocycles. The predicted octanol–water partition coefficient (Wildman–Crippen LogP) is 14.8. The molecule has 4 aromatic heterocycles. The molecule has 2 atom stereocenters. The lowest BCUT2D eigenvalue weighted by Gasteiger charge is -2.39. The maximum Gasteiger partial charge on any atom is 0.0984 e. The lowest BCUT2D eigenvalue weighted by molar-refractivity contribution is 0.458. The Morgan fingerprint density at radius 2 is 1.23 bits per heavy atom. The van der Waals surface area contributed by atoms with Crippen LogP contribution in [0, 0.1) is 25.7 Å². The molecule has 11 heteroatoms. The minimum atomic E-state index is 0. The molecule has 56 heavy (non-hydrogen) atoms. The monoisotopic (exact) mass is 898 g/mol. The number of hydrogen-bond acceptors (Lipinski definition) is 4. The third-order valence-corrected chi connectivity index (χ3v) is 12.5. The molecule has 0 bridgehead atoms. The minimum Gasteiger partial charge on any atom is -0.379 e. The number of aromatic nitrogens is 4. The third-order valence-electron chi connectivity index (χ3n) is 10.1. The van der Waals surface area contributed by atoms with E-state index in [0.717, 1.165) is 99.6 Å². The zero-order valence-electron chi connectivity index (χ0n) is 33.0. The van der Waals surface area contributed by atoms with Gasteiger partial charge in [-0.2, -0.15) is 0 Å². The molecule has 6 aromatic rings. The van der Waals surface area contributed by atoms with Gasteiger partial charge in [-0.3, -0.25) is 9.97 Å². The van der Waals surface area contributed by atoms with Crippen LogP contribution in [0.5, 0.6) is 0 Å². The maximum atomic E-state index is 6.53. The molecule has 0 spiro atoms. The van der Waals surface area contributed by atoms with Gasteiger partial charge < -0.3 is 19.4 Å². The van der Waals surface area contributed by atoms with Crippen molar-refractivity contribution in [1.82, 2.24) is 19.1 Å². The van der Waals surface area contributed by atoms with Crippen LogP contribution in [0.15, 0.2) is 60.9 Å². The van der Waals surface area contributed by atoms with E-state index in [-0.39, 0.29) is 7.43 Å². The van der Waals surface area contributed by atoms with Crippen LogP contribution in [-0.2, 0) is 13.1 Å². The summed E-state index contributed by atoms with van der Waals surface area (Å²) in [6.07, 6.45) is 6.58. The van der Waals surface area contributed by atoms with Gasteiger partial charge in [0.05, 0.1) is 43.5 Å². The Morgan fingerprint density at radius 3 is 1.71 bits per heavy atom. The van der Waals surface area contributed by atoms with Crippen molar-refractivity contribution in [1.29, 1.82) is 0 Å². The molecule has 2 unspecified atom stereocenters. The van der Waals surface area contributed by atoms with Crippen LogP contribution in [-0.4, -0.2) is 43.1 Å². The Morgan fingerprint density at radius 1 is 0.714 bits per heavy atom. The minimum absolute atomic E-state index is 0. The summed E-state index contributed by atoms with van der Waals surface area (Å²) < 4.78 is 4.66. The molecule has 0 aliphatic carbocycles. The Kier molecular flexibility index (Phi) is 14.8. The van der Waals surface area contributed by atoms with Gasteiger partial charge in [0.25, 0.3) is 0 Å². The summed E-state index contributed by atoms with van der Waals surface area (Å²) in [5.74, 6) is 1.41. The number of rotatable bonds is 7. The molecule has 2 aliphatic heterocycles. The van der Waals surface area contributed by atoms with E-state index in [4.69, 9.17) is 56.4 Å². The topological polar surface area (TPSA) is 50.9 Å². The van der Waals surface area contributed by atoms with Gasteiger partial charge in [0.1, 0.15) is 0 Å². The van der Waals surface area contributed by atoms with Gasteiger partial charge >= 0.3 is 0 Å². The van der Waals surface area contributed by atoms with E-state index in [2.05, 4.69) is 108 Å². The Labute approximate surface area is 362 Å². The molecule has 0 fully saturated rings. The van der Waals surface area contributed by atoms with Crippen molar-refractivity contribution in [2.45, 2.75) is 101 Å². The lowest BCUT2D eigenvalue weighted by atomic mass is 10.0. The van der Waals surface area contributed by atoms with E-state index < -0.39 is 0 Å². The van der Waals surface area contributed by atoms with Crippen LogP contribution in [0.1, 0.15) is 73.2 Å². The van der Waals surface area contributed by atoms with Crippen molar-refractivity contribution in [3.63, 3.8) is 0 Å². The average molecular weight is 902 g/mol. The highest BCUT2D eigenvalue weighted by molar-refractivity contribution is 9.09. The molecule has 1 N–H and O–H groups in total. The predicted molar refractivity (Wildman–Crippen MR) is 249 cm³/mol. The van der Waals surface area contributed by atoms with Gasteiger partial charge in [0, 0.05) is 93.1 Å². The quantitative estimate of drug-likeness (QED) is 0.162. The Balaban J connectivity index is 0.000000190. The first kappa shape index (κ1) is 44.2. The summed E-state index contributed by atoms with van der Waals surface area (Å²) in [7, 11) is 0. The lowest BCUT2D eigenvalue weighted by Crippen LogP contribution is -2.43. The normalized spacial score (nSPS) is 15.7. The highest BCUT2D eigenvalue weighted by Crippen LogP contribution is 2.43. The number of halogens is 5.